The molecule has 5 fully saturated rings. The van der Waals surface area contributed by atoms with Gasteiger partial charge in [0.2, 0.25) is 6.29 Å². The molecule has 0 aromatic heterocycles. The quantitative estimate of drug-likeness (QED) is 0.146. The topological polar surface area (TPSA) is 178 Å². The van der Waals surface area contributed by atoms with Gasteiger partial charge in [-0.1, -0.05) is 6.92 Å². The van der Waals surface area contributed by atoms with Crippen molar-refractivity contribution in [3.05, 3.63) is 0 Å². The summed E-state index contributed by atoms with van der Waals surface area (Å²) in [6.45, 7) is 2.37. The Hall–Kier alpha value is -2.43. The number of carbonyl (C=O) groups excluding carboxylic acids is 4. The Bertz CT molecular complexity index is 1190. The summed E-state index contributed by atoms with van der Waals surface area (Å²) in [6, 6.07) is 0. The van der Waals surface area contributed by atoms with E-state index in [1.54, 1.807) is 0 Å². The number of halogens is 2. The van der Waals surface area contributed by atoms with Crippen LogP contribution in [0, 0.1) is 23.7 Å². The third-order valence-electron chi connectivity index (χ3n) is 8.68. The number of esters is 4. The molecule has 1 N–H and O–H groups in total. The average Bonchev–Trinajstić information content (AvgIpc) is 3.69. The number of hydrogen-bond acceptors (Lipinski definition) is 12. The van der Waals surface area contributed by atoms with Crippen molar-refractivity contribution < 1.29 is 69.4 Å². The maximum absolute atomic E-state index is 13.6. The standard InChI is InChI=1S/C25H32F2O13S/c1-3-16(36-13-9-11-4-5-12(13)8-11)38-23(30)17-18-20-22(40-24(18)31)21(19(17)39-20)37-15(29)7-6-14(28)35-10(2)25(26,27)41(32,33)34/h10-13,16-22H,3-9H2,1-2H3,(H,32,33,34). The Labute approximate surface area is 234 Å². The maximum Gasteiger partial charge on any atom is 0.405 e. The largest absolute Gasteiger partial charge is 0.455 e. The third-order valence-corrected chi connectivity index (χ3v) is 9.70. The Morgan fingerprint density at radius 3 is 2.39 bits per heavy atom. The van der Waals surface area contributed by atoms with E-state index in [1.165, 1.54) is 6.42 Å². The lowest BCUT2D eigenvalue weighted by atomic mass is 9.78. The SMILES string of the molecule is CCC(OC(=O)C1C2OC3C(OC(=O)C31)C2OC(=O)CCC(=O)OC(C)C(F)(F)S(=O)(=O)O)OC1CC2CCC1C2. The normalized spacial score (nSPS) is 36.6. The van der Waals surface area contributed by atoms with Crippen molar-refractivity contribution in [2.45, 2.75) is 107 Å². The molecule has 2 saturated carbocycles. The Kier molecular flexibility index (Phi) is 8.06. The monoisotopic (exact) mass is 610 g/mol. The van der Waals surface area contributed by atoms with E-state index in [-0.39, 0.29) is 6.10 Å². The molecule has 5 rings (SSSR count). The van der Waals surface area contributed by atoms with Crippen LogP contribution in [-0.4, -0.2) is 85.0 Å². The molecule has 0 radical (unpaired) electrons. The summed E-state index contributed by atoms with van der Waals surface area (Å²) in [5.74, 6) is -4.78. The van der Waals surface area contributed by atoms with Gasteiger partial charge in [-0.25, -0.2) is 0 Å². The molecular weight excluding hydrogens is 578 g/mol. The molecule has 16 heteroatoms. The summed E-state index contributed by atoms with van der Waals surface area (Å²) in [5.41, 5.74) is 0. The number of fused-ring (bicyclic) bond motifs is 3. The third kappa shape index (κ3) is 5.55. The van der Waals surface area contributed by atoms with Crippen LogP contribution in [0.5, 0.6) is 0 Å². The Morgan fingerprint density at radius 1 is 1.07 bits per heavy atom. The van der Waals surface area contributed by atoms with Crippen molar-refractivity contribution in [2.24, 2.45) is 23.7 Å². The number of carbonyl (C=O) groups is 4. The molecule has 4 bridgehead atoms. The van der Waals surface area contributed by atoms with Crippen LogP contribution in [0.15, 0.2) is 0 Å². The number of rotatable bonds is 12. The zero-order chi connectivity index (χ0) is 29.9. The van der Waals surface area contributed by atoms with Gasteiger partial charge >= 0.3 is 39.2 Å². The molecule has 11 atom stereocenters. The number of ether oxygens (including phenoxy) is 6. The zero-order valence-corrected chi connectivity index (χ0v) is 23.1. The van der Waals surface area contributed by atoms with E-state index in [4.69, 9.17) is 28.2 Å². The van der Waals surface area contributed by atoms with Gasteiger partial charge < -0.3 is 28.4 Å². The van der Waals surface area contributed by atoms with Gasteiger partial charge in [-0.15, -0.1) is 0 Å². The molecule has 5 aliphatic rings. The van der Waals surface area contributed by atoms with Gasteiger partial charge in [0.1, 0.15) is 24.0 Å². The molecule has 0 spiro atoms. The number of alkyl halides is 2. The second-order valence-corrected chi connectivity index (χ2v) is 12.8. The van der Waals surface area contributed by atoms with Gasteiger partial charge in [0.25, 0.3) is 0 Å². The van der Waals surface area contributed by atoms with E-state index < -0.39 is 101 Å². The highest BCUT2D eigenvalue weighted by molar-refractivity contribution is 7.86. The van der Waals surface area contributed by atoms with Crippen LogP contribution in [0.25, 0.3) is 0 Å². The Morgan fingerprint density at radius 2 is 1.78 bits per heavy atom. The lowest BCUT2D eigenvalue weighted by Crippen LogP contribution is -2.48. The van der Waals surface area contributed by atoms with Gasteiger partial charge in [0.15, 0.2) is 18.3 Å². The van der Waals surface area contributed by atoms with Crippen molar-refractivity contribution in [1.29, 1.82) is 0 Å². The fourth-order valence-corrected chi connectivity index (χ4v) is 7.12. The second-order valence-electron chi connectivity index (χ2n) is 11.3. The van der Waals surface area contributed by atoms with E-state index in [2.05, 4.69) is 4.74 Å². The second kappa shape index (κ2) is 11.0. The highest BCUT2D eigenvalue weighted by atomic mass is 32.2. The van der Waals surface area contributed by atoms with Crippen molar-refractivity contribution in [2.75, 3.05) is 0 Å². The van der Waals surface area contributed by atoms with Crippen LogP contribution in [0.4, 0.5) is 8.78 Å². The molecule has 0 amide bonds. The van der Waals surface area contributed by atoms with Gasteiger partial charge in [-0.2, -0.15) is 17.2 Å². The first-order valence-corrected chi connectivity index (χ1v) is 15.1. The molecule has 2 aliphatic carbocycles. The molecule has 3 aliphatic heterocycles. The molecule has 3 heterocycles. The van der Waals surface area contributed by atoms with E-state index in [0.717, 1.165) is 19.3 Å². The predicted octanol–water partition coefficient (Wildman–Crippen LogP) is 1.51. The minimum absolute atomic E-state index is 0.00579. The van der Waals surface area contributed by atoms with E-state index >= 15 is 0 Å². The summed E-state index contributed by atoms with van der Waals surface area (Å²) >= 11 is 0. The summed E-state index contributed by atoms with van der Waals surface area (Å²) in [6.07, 6.45) is -4.15. The smallest absolute Gasteiger partial charge is 0.405 e. The van der Waals surface area contributed by atoms with Gasteiger partial charge in [-0.3, -0.25) is 23.7 Å². The zero-order valence-electron chi connectivity index (χ0n) is 22.3. The summed E-state index contributed by atoms with van der Waals surface area (Å²) < 4.78 is 89.9. The lowest BCUT2D eigenvalue weighted by Gasteiger charge is -2.30. The molecular formula is C25H32F2O13S. The summed E-state index contributed by atoms with van der Waals surface area (Å²) in [5, 5.41) is -4.76. The minimum atomic E-state index is -5.84. The van der Waals surface area contributed by atoms with E-state index in [1.807, 2.05) is 6.92 Å². The molecule has 3 saturated heterocycles. The van der Waals surface area contributed by atoms with Gasteiger partial charge in [-0.05, 0) is 44.4 Å². The summed E-state index contributed by atoms with van der Waals surface area (Å²) in [4.78, 5) is 50.2. The molecule has 0 aromatic rings. The molecule has 230 valence electrons. The molecule has 0 aromatic carbocycles. The predicted molar refractivity (Wildman–Crippen MR) is 127 cm³/mol. The van der Waals surface area contributed by atoms with Crippen molar-refractivity contribution >= 4 is 34.0 Å². The highest BCUT2D eigenvalue weighted by Crippen LogP contribution is 2.52. The van der Waals surface area contributed by atoms with Gasteiger partial charge in [0.05, 0.1) is 18.9 Å². The molecule has 11 unspecified atom stereocenters. The Balaban J connectivity index is 1.16. The lowest BCUT2D eigenvalue weighted by molar-refractivity contribution is -0.203. The number of hydrogen-bond donors (Lipinski definition) is 1. The van der Waals surface area contributed by atoms with E-state index in [0.29, 0.717) is 25.2 Å². The fraction of sp³-hybridized carbons (Fsp3) is 0.840. The molecule has 41 heavy (non-hydrogen) atoms. The van der Waals surface area contributed by atoms with Crippen LogP contribution in [-0.2, 0) is 57.7 Å². The maximum atomic E-state index is 13.6. The van der Waals surface area contributed by atoms with Crippen molar-refractivity contribution in [1.82, 2.24) is 0 Å². The van der Waals surface area contributed by atoms with Crippen LogP contribution in [0.2, 0.25) is 0 Å². The van der Waals surface area contributed by atoms with Gasteiger partial charge in [0, 0.05) is 6.42 Å². The molecule has 13 nitrogen and oxygen atoms in total. The van der Waals surface area contributed by atoms with Crippen LogP contribution in [0.3, 0.4) is 0 Å². The summed E-state index contributed by atoms with van der Waals surface area (Å²) in [7, 11) is -5.84. The van der Waals surface area contributed by atoms with Crippen LogP contribution < -0.4 is 0 Å². The van der Waals surface area contributed by atoms with Crippen LogP contribution >= 0.6 is 0 Å². The first kappa shape index (κ1) is 30.0. The average molecular weight is 611 g/mol. The first-order chi connectivity index (χ1) is 19.2. The highest BCUT2D eigenvalue weighted by Gasteiger charge is 2.72. The first-order valence-electron chi connectivity index (χ1n) is 13.7. The van der Waals surface area contributed by atoms with Crippen molar-refractivity contribution in [3.8, 4) is 0 Å². The minimum Gasteiger partial charge on any atom is -0.455 e. The van der Waals surface area contributed by atoms with E-state index in [9.17, 15) is 36.4 Å². The van der Waals surface area contributed by atoms with Crippen LogP contribution in [0.1, 0.15) is 58.8 Å². The fourth-order valence-electron chi connectivity index (χ4n) is 6.65. The van der Waals surface area contributed by atoms with Crippen molar-refractivity contribution in [3.63, 3.8) is 0 Å².